The molecule has 0 bridgehead atoms. The van der Waals surface area contributed by atoms with Crippen LogP contribution in [0.3, 0.4) is 0 Å². The zero-order chi connectivity index (χ0) is 13.2. The summed E-state index contributed by atoms with van der Waals surface area (Å²) in [4.78, 5) is 4.26. The number of rotatable bonds is 2. The van der Waals surface area contributed by atoms with Crippen LogP contribution in [0.15, 0.2) is 36.7 Å². The summed E-state index contributed by atoms with van der Waals surface area (Å²) in [6, 6.07) is 8.64. The third kappa shape index (κ3) is 2.50. The van der Waals surface area contributed by atoms with Gasteiger partial charge in [-0.2, -0.15) is 0 Å². The van der Waals surface area contributed by atoms with Gasteiger partial charge in [0.2, 0.25) is 0 Å². The Balaban J connectivity index is 1.91. The first kappa shape index (κ1) is 12.6. The lowest BCUT2D eigenvalue weighted by atomic mass is 9.77. The lowest BCUT2D eigenvalue weighted by Crippen LogP contribution is -2.25. The van der Waals surface area contributed by atoms with Crippen LogP contribution in [0, 0.1) is 11.8 Å². The summed E-state index contributed by atoms with van der Waals surface area (Å²) in [5, 5.41) is 2.46. The first-order valence-corrected chi connectivity index (χ1v) is 7.34. The third-order valence-corrected chi connectivity index (χ3v) is 4.64. The van der Waals surface area contributed by atoms with Gasteiger partial charge >= 0.3 is 0 Å². The highest BCUT2D eigenvalue weighted by Crippen LogP contribution is 2.37. The van der Waals surface area contributed by atoms with Gasteiger partial charge in [0, 0.05) is 23.8 Å². The average molecular weight is 254 g/mol. The van der Waals surface area contributed by atoms with Crippen molar-refractivity contribution in [2.45, 2.75) is 38.6 Å². The fourth-order valence-electron chi connectivity index (χ4n) is 3.33. The molecule has 2 aromatic rings. The number of benzene rings is 1. The Kier molecular flexibility index (Phi) is 3.52. The number of nitrogens with two attached hydrogens (primary N) is 1. The van der Waals surface area contributed by atoms with Gasteiger partial charge in [0.25, 0.3) is 0 Å². The van der Waals surface area contributed by atoms with E-state index in [4.69, 9.17) is 5.73 Å². The Morgan fingerprint density at radius 3 is 2.74 bits per heavy atom. The minimum absolute atomic E-state index is 0.153. The molecule has 1 aromatic heterocycles. The lowest BCUT2D eigenvalue weighted by Gasteiger charge is -2.31. The van der Waals surface area contributed by atoms with Crippen molar-refractivity contribution < 1.29 is 0 Å². The number of pyridine rings is 1. The van der Waals surface area contributed by atoms with E-state index in [1.807, 2.05) is 12.4 Å². The summed E-state index contributed by atoms with van der Waals surface area (Å²) in [5.74, 6) is 1.50. The summed E-state index contributed by atoms with van der Waals surface area (Å²) in [6.07, 6.45) is 8.97. The van der Waals surface area contributed by atoms with Gasteiger partial charge in [0.1, 0.15) is 0 Å². The number of fused-ring (bicyclic) bond motifs is 1. The molecule has 1 saturated carbocycles. The molecule has 100 valence electrons. The standard InChI is InChI=1S/C17H22N2/c1-12-5-7-14(8-6-12)17(18)15-4-2-3-13-9-10-19-11-16(13)15/h2-4,9-12,14,17H,5-8,18H2,1H3. The molecule has 1 heterocycles. The van der Waals surface area contributed by atoms with E-state index in [0.717, 1.165) is 5.92 Å². The quantitative estimate of drug-likeness (QED) is 0.877. The van der Waals surface area contributed by atoms with Gasteiger partial charge in [0.15, 0.2) is 0 Å². The van der Waals surface area contributed by atoms with Crippen LogP contribution in [0.5, 0.6) is 0 Å². The molecule has 1 unspecified atom stereocenters. The smallest absolute Gasteiger partial charge is 0.0349 e. The predicted octanol–water partition coefficient (Wildman–Crippen LogP) is 4.06. The Labute approximate surface area is 115 Å². The molecule has 2 nitrogen and oxygen atoms in total. The van der Waals surface area contributed by atoms with E-state index < -0.39 is 0 Å². The molecule has 1 fully saturated rings. The average Bonchev–Trinajstić information content (AvgIpc) is 2.47. The second-order valence-electron chi connectivity index (χ2n) is 5.99. The number of nitrogens with zero attached hydrogens (tertiary/aromatic N) is 1. The third-order valence-electron chi connectivity index (χ3n) is 4.64. The monoisotopic (exact) mass is 254 g/mol. The summed E-state index contributed by atoms with van der Waals surface area (Å²) < 4.78 is 0. The second-order valence-corrected chi connectivity index (χ2v) is 5.99. The van der Waals surface area contributed by atoms with E-state index in [2.05, 4.69) is 36.2 Å². The van der Waals surface area contributed by atoms with Crippen LogP contribution in [0.4, 0.5) is 0 Å². The first-order chi connectivity index (χ1) is 9.25. The van der Waals surface area contributed by atoms with Gasteiger partial charge in [-0.3, -0.25) is 4.98 Å². The molecule has 19 heavy (non-hydrogen) atoms. The zero-order valence-corrected chi connectivity index (χ0v) is 11.5. The molecule has 0 aliphatic heterocycles. The van der Waals surface area contributed by atoms with Gasteiger partial charge in [-0.25, -0.2) is 0 Å². The topological polar surface area (TPSA) is 38.9 Å². The maximum atomic E-state index is 6.55. The van der Waals surface area contributed by atoms with Gasteiger partial charge in [-0.05, 0) is 41.7 Å². The second kappa shape index (κ2) is 5.30. The van der Waals surface area contributed by atoms with E-state index in [0.29, 0.717) is 5.92 Å². The molecule has 0 radical (unpaired) electrons. The Bertz CT molecular complexity index is 551. The summed E-state index contributed by atoms with van der Waals surface area (Å²) >= 11 is 0. The number of hydrogen-bond acceptors (Lipinski definition) is 2. The molecular formula is C17H22N2. The van der Waals surface area contributed by atoms with E-state index in [1.165, 1.54) is 42.0 Å². The van der Waals surface area contributed by atoms with Crippen LogP contribution < -0.4 is 5.73 Å². The van der Waals surface area contributed by atoms with Crippen LogP contribution in [-0.4, -0.2) is 4.98 Å². The Hall–Kier alpha value is -1.41. The van der Waals surface area contributed by atoms with E-state index in [1.54, 1.807) is 0 Å². The largest absolute Gasteiger partial charge is 0.324 e. The first-order valence-electron chi connectivity index (χ1n) is 7.34. The van der Waals surface area contributed by atoms with E-state index in [9.17, 15) is 0 Å². The van der Waals surface area contributed by atoms with E-state index >= 15 is 0 Å². The molecule has 3 rings (SSSR count). The fourth-order valence-corrected chi connectivity index (χ4v) is 3.33. The van der Waals surface area contributed by atoms with Gasteiger partial charge in [0.05, 0.1) is 0 Å². The zero-order valence-electron chi connectivity index (χ0n) is 11.5. The fraction of sp³-hybridized carbons (Fsp3) is 0.471. The highest BCUT2D eigenvalue weighted by molar-refractivity contribution is 5.85. The van der Waals surface area contributed by atoms with Crippen molar-refractivity contribution in [3.63, 3.8) is 0 Å². The predicted molar refractivity (Wildman–Crippen MR) is 79.8 cm³/mol. The number of aromatic nitrogens is 1. The molecule has 1 aliphatic rings. The van der Waals surface area contributed by atoms with Crippen LogP contribution in [0.25, 0.3) is 10.8 Å². The Morgan fingerprint density at radius 1 is 1.16 bits per heavy atom. The molecule has 1 atom stereocenters. The van der Waals surface area contributed by atoms with Crippen LogP contribution in [-0.2, 0) is 0 Å². The molecule has 0 amide bonds. The van der Waals surface area contributed by atoms with Crippen molar-refractivity contribution in [1.82, 2.24) is 4.98 Å². The van der Waals surface area contributed by atoms with Gasteiger partial charge in [-0.15, -0.1) is 0 Å². The normalized spacial score (nSPS) is 25.4. The summed E-state index contributed by atoms with van der Waals surface area (Å²) in [5.41, 5.74) is 7.82. The van der Waals surface area contributed by atoms with Crippen molar-refractivity contribution in [1.29, 1.82) is 0 Å². The van der Waals surface area contributed by atoms with Crippen molar-refractivity contribution in [2.24, 2.45) is 17.6 Å². The summed E-state index contributed by atoms with van der Waals surface area (Å²) in [6.45, 7) is 2.35. The highest BCUT2D eigenvalue weighted by Gasteiger charge is 2.25. The highest BCUT2D eigenvalue weighted by atomic mass is 14.7. The molecule has 0 saturated heterocycles. The van der Waals surface area contributed by atoms with Crippen molar-refractivity contribution >= 4 is 10.8 Å². The van der Waals surface area contributed by atoms with Crippen LogP contribution >= 0.6 is 0 Å². The minimum atomic E-state index is 0.153. The molecule has 0 spiro atoms. The lowest BCUT2D eigenvalue weighted by molar-refractivity contribution is 0.257. The van der Waals surface area contributed by atoms with Gasteiger partial charge < -0.3 is 5.73 Å². The number of hydrogen-bond donors (Lipinski definition) is 1. The van der Waals surface area contributed by atoms with E-state index in [-0.39, 0.29) is 6.04 Å². The molecule has 2 heteroatoms. The van der Waals surface area contributed by atoms with Crippen molar-refractivity contribution in [2.75, 3.05) is 0 Å². The van der Waals surface area contributed by atoms with Gasteiger partial charge in [-0.1, -0.05) is 38.0 Å². The SMILES string of the molecule is CC1CCC(C(N)c2cccc3ccncc23)CC1. The molecule has 2 N–H and O–H groups in total. The summed E-state index contributed by atoms with van der Waals surface area (Å²) in [7, 11) is 0. The molecule has 1 aromatic carbocycles. The Morgan fingerprint density at radius 2 is 1.95 bits per heavy atom. The molecular weight excluding hydrogens is 232 g/mol. The van der Waals surface area contributed by atoms with Crippen molar-refractivity contribution in [3.8, 4) is 0 Å². The van der Waals surface area contributed by atoms with Crippen molar-refractivity contribution in [3.05, 3.63) is 42.2 Å². The van der Waals surface area contributed by atoms with Crippen LogP contribution in [0.2, 0.25) is 0 Å². The maximum absolute atomic E-state index is 6.55. The maximum Gasteiger partial charge on any atom is 0.0349 e. The molecule has 1 aliphatic carbocycles. The van der Waals surface area contributed by atoms with Crippen LogP contribution in [0.1, 0.15) is 44.2 Å². The minimum Gasteiger partial charge on any atom is -0.324 e.